The minimum absolute atomic E-state index is 0.0300. The fraction of sp³-hybridized carbons (Fsp3) is 0.294. The van der Waals surface area contributed by atoms with Crippen LogP contribution in [0.4, 0.5) is 10.1 Å². The Morgan fingerprint density at radius 1 is 1.24 bits per heavy atom. The van der Waals surface area contributed by atoms with Crippen LogP contribution in [0.5, 0.6) is 11.5 Å². The summed E-state index contributed by atoms with van der Waals surface area (Å²) in [6.07, 6.45) is 1.90. The molecule has 0 aromatic heterocycles. The number of benzene rings is 2. The number of hydrogen-bond donors (Lipinski definition) is 1. The van der Waals surface area contributed by atoms with E-state index >= 15 is 0 Å². The number of anilines is 1. The van der Waals surface area contributed by atoms with E-state index in [9.17, 15) is 4.39 Å². The van der Waals surface area contributed by atoms with Gasteiger partial charge in [-0.3, -0.25) is 0 Å². The SMILES string of the molecule is COc1ccc2c(c1)CCC1Nc3cc(F)ccc3OC21. The van der Waals surface area contributed by atoms with E-state index in [-0.39, 0.29) is 18.0 Å². The van der Waals surface area contributed by atoms with Crippen LogP contribution in [0, 0.1) is 5.82 Å². The van der Waals surface area contributed by atoms with Crippen molar-refractivity contribution >= 4 is 5.69 Å². The maximum atomic E-state index is 13.3. The highest BCUT2D eigenvalue weighted by atomic mass is 19.1. The van der Waals surface area contributed by atoms with Crippen LogP contribution in [-0.4, -0.2) is 13.2 Å². The van der Waals surface area contributed by atoms with Crippen LogP contribution < -0.4 is 14.8 Å². The van der Waals surface area contributed by atoms with E-state index in [2.05, 4.69) is 17.4 Å². The van der Waals surface area contributed by atoms with Crippen molar-refractivity contribution in [2.75, 3.05) is 12.4 Å². The molecule has 0 amide bonds. The lowest BCUT2D eigenvalue weighted by Gasteiger charge is -2.39. The molecule has 2 aromatic carbocycles. The van der Waals surface area contributed by atoms with Crippen molar-refractivity contribution in [3.05, 3.63) is 53.3 Å². The second-order valence-electron chi connectivity index (χ2n) is 5.53. The van der Waals surface area contributed by atoms with E-state index in [1.807, 2.05) is 6.07 Å². The maximum absolute atomic E-state index is 13.3. The highest BCUT2D eigenvalue weighted by Gasteiger charge is 2.35. The summed E-state index contributed by atoms with van der Waals surface area (Å²) in [6.45, 7) is 0. The highest BCUT2D eigenvalue weighted by molar-refractivity contribution is 5.60. The normalized spacial score (nSPS) is 22.2. The quantitative estimate of drug-likeness (QED) is 0.866. The first-order chi connectivity index (χ1) is 10.2. The minimum Gasteiger partial charge on any atom is -0.497 e. The van der Waals surface area contributed by atoms with Crippen LogP contribution in [0.1, 0.15) is 23.7 Å². The van der Waals surface area contributed by atoms with Crippen LogP contribution in [-0.2, 0) is 6.42 Å². The molecule has 1 aliphatic carbocycles. The standard InChI is InChI=1S/C17H16FNO2/c1-20-12-4-5-13-10(8-12)2-6-14-17(13)21-16-7-3-11(18)9-15(16)19-14/h3-5,7-9,14,17,19H,2,6H2,1H3. The molecule has 21 heavy (non-hydrogen) atoms. The van der Waals surface area contributed by atoms with E-state index in [1.165, 1.54) is 23.3 Å². The number of fused-ring (bicyclic) bond motifs is 4. The first-order valence-electron chi connectivity index (χ1n) is 7.14. The Morgan fingerprint density at radius 2 is 2.14 bits per heavy atom. The molecule has 0 radical (unpaired) electrons. The summed E-state index contributed by atoms with van der Waals surface area (Å²) >= 11 is 0. The second kappa shape index (κ2) is 4.65. The average molecular weight is 285 g/mol. The number of ether oxygens (including phenoxy) is 2. The molecule has 1 aliphatic heterocycles. The summed E-state index contributed by atoms with van der Waals surface area (Å²) in [5, 5.41) is 3.41. The Kier molecular flexibility index (Phi) is 2.77. The van der Waals surface area contributed by atoms with Crippen LogP contribution in [0.15, 0.2) is 36.4 Å². The summed E-state index contributed by atoms with van der Waals surface area (Å²) in [6, 6.07) is 10.9. The molecule has 0 bridgehead atoms. The third-order valence-corrected chi connectivity index (χ3v) is 4.28. The van der Waals surface area contributed by atoms with E-state index in [0.29, 0.717) is 5.75 Å². The number of rotatable bonds is 1. The Hall–Kier alpha value is -2.23. The summed E-state index contributed by atoms with van der Waals surface area (Å²) in [5.74, 6) is 1.34. The van der Waals surface area contributed by atoms with Gasteiger partial charge in [0.2, 0.25) is 0 Å². The zero-order chi connectivity index (χ0) is 14.4. The van der Waals surface area contributed by atoms with Gasteiger partial charge in [-0.05, 0) is 48.2 Å². The Bertz CT molecular complexity index is 701. The van der Waals surface area contributed by atoms with Crippen molar-refractivity contribution in [3.63, 3.8) is 0 Å². The zero-order valence-electron chi connectivity index (χ0n) is 11.7. The molecule has 2 aliphatic rings. The summed E-state index contributed by atoms with van der Waals surface area (Å²) < 4.78 is 24.7. The number of methoxy groups -OCH3 is 1. The van der Waals surface area contributed by atoms with Gasteiger partial charge >= 0.3 is 0 Å². The summed E-state index contributed by atoms with van der Waals surface area (Å²) in [4.78, 5) is 0. The first kappa shape index (κ1) is 12.5. The van der Waals surface area contributed by atoms with Crippen LogP contribution in [0.3, 0.4) is 0 Å². The molecular weight excluding hydrogens is 269 g/mol. The largest absolute Gasteiger partial charge is 0.497 e. The van der Waals surface area contributed by atoms with Crippen molar-refractivity contribution in [2.24, 2.45) is 0 Å². The molecule has 2 aromatic rings. The van der Waals surface area contributed by atoms with Gasteiger partial charge in [0.25, 0.3) is 0 Å². The van der Waals surface area contributed by atoms with Crippen LogP contribution >= 0.6 is 0 Å². The molecule has 2 atom stereocenters. The van der Waals surface area contributed by atoms with Crippen molar-refractivity contribution in [1.29, 1.82) is 0 Å². The average Bonchev–Trinajstić information content (AvgIpc) is 2.52. The topological polar surface area (TPSA) is 30.5 Å². The molecule has 0 saturated carbocycles. The molecule has 4 rings (SSSR count). The van der Waals surface area contributed by atoms with Crippen molar-refractivity contribution < 1.29 is 13.9 Å². The molecule has 0 spiro atoms. The number of nitrogens with one attached hydrogen (secondary N) is 1. The van der Waals surface area contributed by atoms with E-state index < -0.39 is 0 Å². The summed E-state index contributed by atoms with van der Waals surface area (Å²) in [7, 11) is 1.68. The van der Waals surface area contributed by atoms with Gasteiger partial charge in [-0.2, -0.15) is 0 Å². The smallest absolute Gasteiger partial charge is 0.144 e. The van der Waals surface area contributed by atoms with Crippen molar-refractivity contribution in [3.8, 4) is 11.5 Å². The van der Waals surface area contributed by atoms with Crippen LogP contribution in [0.25, 0.3) is 0 Å². The molecule has 108 valence electrons. The van der Waals surface area contributed by atoms with Gasteiger partial charge in [-0.1, -0.05) is 6.07 Å². The van der Waals surface area contributed by atoms with Gasteiger partial charge in [0.05, 0.1) is 18.8 Å². The third-order valence-electron chi connectivity index (χ3n) is 4.28. The number of halogens is 1. The molecule has 1 heterocycles. The van der Waals surface area contributed by atoms with Gasteiger partial charge in [-0.25, -0.2) is 4.39 Å². The van der Waals surface area contributed by atoms with Gasteiger partial charge in [0.1, 0.15) is 23.4 Å². The van der Waals surface area contributed by atoms with Gasteiger partial charge in [-0.15, -0.1) is 0 Å². The molecule has 4 heteroatoms. The van der Waals surface area contributed by atoms with E-state index in [0.717, 1.165) is 24.3 Å². The van der Waals surface area contributed by atoms with E-state index in [1.54, 1.807) is 13.2 Å². The van der Waals surface area contributed by atoms with Gasteiger partial charge < -0.3 is 14.8 Å². The molecular formula is C17H16FNO2. The number of aryl methyl sites for hydroxylation is 1. The molecule has 0 saturated heterocycles. The maximum Gasteiger partial charge on any atom is 0.144 e. The fourth-order valence-corrected chi connectivity index (χ4v) is 3.23. The first-order valence-corrected chi connectivity index (χ1v) is 7.14. The lowest BCUT2D eigenvalue weighted by atomic mass is 9.84. The lowest BCUT2D eigenvalue weighted by Crippen LogP contribution is -2.38. The second-order valence-corrected chi connectivity index (χ2v) is 5.53. The number of hydrogen-bond acceptors (Lipinski definition) is 3. The Morgan fingerprint density at radius 3 is 3.00 bits per heavy atom. The predicted octanol–water partition coefficient (Wildman–Crippen LogP) is 3.69. The predicted molar refractivity (Wildman–Crippen MR) is 78.5 cm³/mol. The molecule has 0 fully saturated rings. The third kappa shape index (κ3) is 2.02. The molecule has 3 nitrogen and oxygen atoms in total. The van der Waals surface area contributed by atoms with E-state index in [4.69, 9.17) is 9.47 Å². The van der Waals surface area contributed by atoms with Gasteiger partial charge in [0.15, 0.2) is 0 Å². The molecule has 1 N–H and O–H groups in total. The van der Waals surface area contributed by atoms with Crippen molar-refractivity contribution in [1.82, 2.24) is 0 Å². The minimum atomic E-state index is -0.246. The van der Waals surface area contributed by atoms with Gasteiger partial charge in [0, 0.05) is 6.07 Å². The Labute approximate surface area is 122 Å². The van der Waals surface area contributed by atoms with Crippen molar-refractivity contribution in [2.45, 2.75) is 25.0 Å². The fourth-order valence-electron chi connectivity index (χ4n) is 3.23. The Balaban J connectivity index is 1.73. The monoisotopic (exact) mass is 285 g/mol. The zero-order valence-corrected chi connectivity index (χ0v) is 11.7. The molecule has 2 unspecified atom stereocenters. The summed E-state index contributed by atoms with van der Waals surface area (Å²) in [5.41, 5.74) is 3.20. The highest BCUT2D eigenvalue weighted by Crippen LogP contribution is 2.43. The van der Waals surface area contributed by atoms with Crippen LogP contribution in [0.2, 0.25) is 0 Å². The lowest BCUT2D eigenvalue weighted by molar-refractivity contribution is 0.157.